The Morgan fingerprint density at radius 1 is 1.44 bits per heavy atom. The maximum atomic E-state index is 12.4. The van der Waals surface area contributed by atoms with Crippen LogP contribution in [0.3, 0.4) is 0 Å². The summed E-state index contributed by atoms with van der Waals surface area (Å²) in [6.45, 7) is 6.51. The van der Waals surface area contributed by atoms with Crippen molar-refractivity contribution in [3.63, 3.8) is 0 Å². The summed E-state index contributed by atoms with van der Waals surface area (Å²) >= 11 is 0. The Morgan fingerprint density at radius 2 is 2.06 bits per heavy atom. The average molecular weight is 248 g/mol. The fourth-order valence-electron chi connectivity index (χ4n) is 3.78. The van der Waals surface area contributed by atoms with Gasteiger partial charge in [0.2, 0.25) is 5.91 Å². The molecule has 2 aliphatic rings. The molecule has 0 saturated carbocycles. The summed E-state index contributed by atoms with van der Waals surface area (Å²) in [5.74, 6) is 0.350. The topological polar surface area (TPSA) is 64.3 Å². The van der Waals surface area contributed by atoms with Crippen LogP contribution in [0.1, 0.15) is 33.6 Å². The van der Waals surface area contributed by atoms with E-state index in [9.17, 15) is 9.90 Å². The highest BCUT2D eigenvalue weighted by Crippen LogP contribution is 2.56. The predicted octanol–water partition coefficient (Wildman–Crippen LogP) is 2.24. The summed E-state index contributed by atoms with van der Waals surface area (Å²) in [7, 11) is 1.81. The van der Waals surface area contributed by atoms with E-state index >= 15 is 0 Å². The third kappa shape index (κ3) is 1.46. The van der Waals surface area contributed by atoms with Crippen LogP contribution in [0.2, 0.25) is 0 Å². The van der Waals surface area contributed by atoms with Crippen molar-refractivity contribution in [2.45, 2.75) is 33.6 Å². The number of amides is 1. The van der Waals surface area contributed by atoms with E-state index in [2.05, 4.69) is 6.07 Å². The van der Waals surface area contributed by atoms with Crippen LogP contribution in [0.4, 0.5) is 0 Å². The Labute approximate surface area is 108 Å². The number of piperidine rings is 1. The van der Waals surface area contributed by atoms with Gasteiger partial charge in [-0.3, -0.25) is 4.79 Å². The number of aliphatic hydroxyl groups excluding tert-OH is 1. The van der Waals surface area contributed by atoms with Crippen molar-refractivity contribution in [3.05, 3.63) is 11.3 Å². The van der Waals surface area contributed by atoms with Gasteiger partial charge in [-0.15, -0.1) is 0 Å². The average Bonchev–Trinajstić information content (AvgIpc) is 2.31. The molecule has 1 saturated heterocycles. The van der Waals surface area contributed by atoms with Crippen molar-refractivity contribution in [1.82, 2.24) is 4.90 Å². The Hall–Kier alpha value is -1.50. The predicted molar refractivity (Wildman–Crippen MR) is 67.5 cm³/mol. The van der Waals surface area contributed by atoms with Crippen LogP contribution in [0.5, 0.6) is 0 Å². The highest BCUT2D eigenvalue weighted by molar-refractivity contribution is 5.84. The van der Waals surface area contributed by atoms with E-state index < -0.39 is 10.8 Å². The molecule has 4 nitrogen and oxygen atoms in total. The Kier molecular flexibility index (Phi) is 2.69. The molecule has 1 heterocycles. The van der Waals surface area contributed by atoms with Crippen molar-refractivity contribution in [1.29, 1.82) is 5.26 Å². The van der Waals surface area contributed by atoms with Crippen molar-refractivity contribution in [2.24, 2.45) is 16.7 Å². The molecule has 0 aromatic rings. The number of likely N-dealkylation sites (tertiary alicyclic amines) is 1. The number of fused-ring (bicyclic) bond motifs is 1. The number of hydrogen-bond donors (Lipinski definition) is 1. The molecule has 0 aromatic carbocycles. The smallest absolute Gasteiger partial charge is 0.228 e. The molecule has 0 spiro atoms. The summed E-state index contributed by atoms with van der Waals surface area (Å²) in [6.07, 6.45) is 1.22. The highest BCUT2D eigenvalue weighted by atomic mass is 16.3. The fourth-order valence-corrected chi connectivity index (χ4v) is 3.78. The second kappa shape index (κ2) is 3.74. The highest BCUT2D eigenvalue weighted by Gasteiger charge is 2.56. The van der Waals surface area contributed by atoms with Crippen LogP contribution in [0.25, 0.3) is 0 Å². The minimum atomic E-state index is -0.562. The van der Waals surface area contributed by atoms with Gasteiger partial charge in [-0.2, -0.15) is 5.26 Å². The third-order valence-electron chi connectivity index (χ3n) is 4.80. The monoisotopic (exact) mass is 248 g/mol. The number of allylic oxidation sites excluding steroid dienone is 2. The molecule has 1 N–H and O–H groups in total. The van der Waals surface area contributed by atoms with Crippen molar-refractivity contribution in [2.75, 3.05) is 13.6 Å². The van der Waals surface area contributed by atoms with E-state index in [1.165, 1.54) is 0 Å². The summed E-state index contributed by atoms with van der Waals surface area (Å²) in [5.41, 5.74) is -0.703. The first-order valence-corrected chi connectivity index (χ1v) is 6.33. The standard InChI is InChI=1S/C14H20N2O2/c1-13(2)10-5-6-16(4)12(18)14(10,3)7-9(8-15)11(13)17/h10,17H,5-7H2,1-4H3/t10-,14?/m0/s1. The summed E-state index contributed by atoms with van der Waals surface area (Å²) in [4.78, 5) is 14.2. The van der Waals surface area contributed by atoms with Gasteiger partial charge in [0.1, 0.15) is 5.76 Å². The van der Waals surface area contributed by atoms with Gasteiger partial charge in [-0.1, -0.05) is 20.8 Å². The lowest BCUT2D eigenvalue weighted by atomic mass is 9.54. The molecule has 1 aliphatic heterocycles. The second-order valence-electron chi connectivity index (χ2n) is 6.32. The Bertz CT molecular complexity index is 473. The van der Waals surface area contributed by atoms with E-state index in [1.54, 1.807) is 11.9 Å². The number of hydrogen-bond acceptors (Lipinski definition) is 3. The molecule has 18 heavy (non-hydrogen) atoms. The lowest BCUT2D eigenvalue weighted by Gasteiger charge is -2.53. The van der Waals surface area contributed by atoms with Crippen LogP contribution < -0.4 is 0 Å². The van der Waals surface area contributed by atoms with Crippen molar-refractivity contribution >= 4 is 5.91 Å². The van der Waals surface area contributed by atoms with Crippen molar-refractivity contribution < 1.29 is 9.90 Å². The van der Waals surface area contributed by atoms with Crippen LogP contribution in [0.15, 0.2) is 11.3 Å². The molecule has 4 heteroatoms. The van der Waals surface area contributed by atoms with Gasteiger partial charge in [0.05, 0.1) is 17.1 Å². The molecule has 1 aliphatic carbocycles. The lowest BCUT2D eigenvalue weighted by Crippen LogP contribution is -2.57. The van der Waals surface area contributed by atoms with Crippen LogP contribution in [-0.4, -0.2) is 29.5 Å². The zero-order valence-corrected chi connectivity index (χ0v) is 11.4. The fraction of sp³-hybridized carbons (Fsp3) is 0.714. The molecule has 1 unspecified atom stereocenters. The maximum absolute atomic E-state index is 12.4. The number of nitrogens with zero attached hydrogens (tertiary/aromatic N) is 2. The van der Waals surface area contributed by atoms with Gasteiger partial charge >= 0.3 is 0 Å². The van der Waals surface area contributed by atoms with Crippen LogP contribution >= 0.6 is 0 Å². The first-order valence-electron chi connectivity index (χ1n) is 6.33. The maximum Gasteiger partial charge on any atom is 0.228 e. The van der Waals surface area contributed by atoms with Crippen molar-refractivity contribution in [3.8, 4) is 6.07 Å². The molecule has 2 atom stereocenters. The molecular formula is C14H20N2O2. The van der Waals surface area contributed by atoms with Gasteiger partial charge in [-0.05, 0) is 12.3 Å². The van der Waals surface area contributed by atoms with E-state index in [0.29, 0.717) is 12.0 Å². The molecule has 2 rings (SSSR count). The number of carbonyl (C=O) groups excluding carboxylic acids is 1. The quantitative estimate of drug-likeness (QED) is 0.715. The Balaban J connectivity index is 2.57. The van der Waals surface area contributed by atoms with Gasteiger partial charge < -0.3 is 10.0 Å². The summed E-state index contributed by atoms with van der Waals surface area (Å²) in [5, 5.41) is 19.4. The van der Waals surface area contributed by atoms with Gasteiger partial charge in [-0.25, -0.2) is 0 Å². The Morgan fingerprint density at radius 3 is 2.61 bits per heavy atom. The lowest BCUT2D eigenvalue weighted by molar-refractivity contribution is -0.154. The first-order chi connectivity index (χ1) is 8.25. The minimum Gasteiger partial charge on any atom is -0.511 e. The molecular weight excluding hydrogens is 228 g/mol. The number of rotatable bonds is 0. The molecule has 0 radical (unpaired) electrons. The molecule has 0 aromatic heterocycles. The number of aliphatic hydroxyl groups is 1. The largest absolute Gasteiger partial charge is 0.511 e. The normalized spacial score (nSPS) is 35.2. The summed E-state index contributed by atoms with van der Waals surface area (Å²) < 4.78 is 0. The first kappa shape index (κ1) is 12.9. The van der Waals surface area contributed by atoms with E-state index in [-0.39, 0.29) is 17.6 Å². The number of carbonyl (C=O) groups is 1. The second-order valence-corrected chi connectivity index (χ2v) is 6.32. The SMILES string of the molecule is CN1CC[C@H]2C(C)(C)C(O)=C(C#N)CC2(C)C1=O. The van der Waals surface area contributed by atoms with E-state index in [4.69, 9.17) is 5.26 Å². The number of nitriles is 1. The van der Waals surface area contributed by atoms with Crippen LogP contribution in [0, 0.1) is 28.1 Å². The van der Waals surface area contributed by atoms with Gasteiger partial charge in [0, 0.05) is 25.4 Å². The molecule has 98 valence electrons. The molecule has 1 fully saturated rings. The summed E-state index contributed by atoms with van der Waals surface area (Å²) in [6, 6.07) is 2.06. The van der Waals surface area contributed by atoms with Gasteiger partial charge in [0.25, 0.3) is 0 Å². The van der Waals surface area contributed by atoms with Crippen LogP contribution in [-0.2, 0) is 4.79 Å². The molecule has 0 bridgehead atoms. The zero-order chi connectivity index (χ0) is 13.7. The third-order valence-corrected chi connectivity index (χ3v) is 4.80. The van der Waals surface area contributed by atoms with E-state index in [1.807, 2.05) is 20.8 Å². The van der Waals surface area contributed by atoms with Gasteiger partial charge in [0.15, 0.2) is 0 Å². The zero-order valence-electron chi connectivity index (χ0n) is 11.4. The van der Waals surface area contributed by atoms with E-state index in [0.717, 1.165) is 13.0 Å². The minimum absolute atomic E-state index is 0.0887. The molecule has 1 amide bonds.